The van der Waals surface area contributed by atoms with Crippen molar-refractivity contribution in [1.82, 2.24) is 0 Å². The van der Waals surface area contributed by atoms with Crippen molar-refractivity contribution in [2.24, 2.45) is 0 Å². The number of methoxy groups -OCH3 is 2. The summed E-state index contributed by atoms with van der Waals surface area (Å²) in [5.41, 5.74) is 0.857. The smallest absolute Gasteiger partial charge is 0.194 e. The zero-order valence-corrected chi connectivity index (χ0v) is 12.5. The van der Waals surface area contributed by atoms with E-state index < -0.39 is 0 Å². The van der Waals surface area contributed by atoms with Crippen molar-refractivity contribution in [2.45, 2.75) is 0 Å². The largest absolute Gasteiger partial charge is 0.493 e. The number of rotatable bonds is 4. The average Bonchev–Trinajstić information content (AvgIpc) is 2.47. The Labute approximate surface area is 127 Å². The maximum atomic E-state index is 12.4. The first-order valence-electron chi connectivity index (χ1n) is 5.78. The summed E-state index contributed by atoms with van der Waals surface area (Å²) in [5.74, 6) is 0.729. The number of benzene rings is 2. The Morgan fingerprint density at radius 3 is 2.05 bits per heavy atom. The Balaban J connectivity index is 2.46. The standard InChI is InChI=1S/C15H12Cl2O3/c1-19-13-7-11(12(17)8-14(13)20-2)15(18)9-3-5-10(16)6-4-9/h3-8H,1-2H3. The molecule has 0 amide bonds. The number of carbonyl (C=O) groups excluding carboxylic acids is 1. The van der Waals surface area contributed by atoms with Crippen LogP contribution in [0.1, 0.15) is 15.9 Å². The van der Waals surface area contributed by atoms with Crippen LogP contribution in [0.15, 0.2) is 36.4 Å². The summed E-state index contributed by atoms with van der Waals surface area (Å²) in [6.07, 6.45) is 0. The van der Waals surface area contributed by atoms with E-state index in [-0.39, 0.29) is 5.78 Å². The van der Waals surface area contributed by atoms with Gasteiger partial charge in [0.05, 0.1) is 19.2 Å². The molecule has 2 aromatic carbocycles. The molecule has 0 unspecified atom stereocenters. The first kappa shape index (κ1) is 14.7. The minimum atomic E-state index is -0.201. The van der Waals surface area contributed by atoms with Crippen LogP contribution in [0.5, 0.6) is 11.5 Å². The van der Waals surface area contributed by atoms with Crippen molar-refractivity contribution in [3.63, 3.8) is 0 Å². The Hall–Kier alpha value is -1.71. The van der Waals surface area contributed by atoms with Gasteiger partial charge in [-0.15, -0.1) is 0 Å². The van der Waals surface area contributed by atoms with Crippen molar-refractivity contribution >= 4 is 29.0 Å². The van der Waals surface area contributed by atoms with Gasteiger partial charge >= 0.3 is 0 Å². The van der Waals surface area contributed by atoms with E-state index in [1.807, 2.05) is 0 Å². The summed E-state index contributed by atoms with van der Waals surface area (Å²) in [6.45, 7) is 0. The van der Waals surface area contributed by atoms with Crippen LogP contribution >= 0.6 is 23.2 Å². The van der Waals surface area contributed by atoms with E-state index in [0.717, 1.165) is 0 Å². The summed E-state index contributed by atoms with van der Waals surface area (Å²) in [6, 6.07) is 9.74. The lowest BCUT2D eigenvalue weighted by atomic mass is 10.0. The zero-order chi connectivity index (χ0) is 14.7. The summed E-state index contributed by atoms with van der Waals surface area (Å²) in [7, 11) is 3.01. The fourth-order valence-corrected chi connectivity index (χ4v) is 2.15. The molecule has 20 heavy (non-hydrogen) atoms. The summed E-state index contributed by atoms with van der Waals surface area (Å²) >= 11 is 11.9. The zero-order valence-electron chi connectivity index (χ0n) is 10.9. The van der Waals surface area contributed by atoms with Gasteiger partial charge in [-0.3, -0.25) is 4.79 Å². The molecule has 0 fully saturated rings. The van der Waals surface area contributed by atoms with Gasteiger partial charge in [-0.25, -0.2) is 0 Å². The molecule has 0 N–H and O–H groups in total. The van der Waals surface area contributed by atoms with Gasteiger partial charge in [-0.05, 0) is 30.3 Å². The third-order valence-electron chi connectivity index (χ3n) is 2.82. The molecular weight excluding hydrogens is 299 g/mol. The SMILES string of the molecule is COc1cc(Cl)c(C(=O)c2ccc(Cl)cc2)cc1OC. The molecule has 0 aliphatic rings. The molecule has 2 aromatic rings. The minimum absolute atomic E-state index is 0.201. The van der Waals surface area contributed by atoms with Crippen molar-refractivity contribution in [2.75, 3.05) is 14.2 Å². The fourth-order valence-electron chi connectivity index (χ4n) is 1.78. The van der Waals surface area contributed by atoms with Crippen LogP contribution < -0.4 is 9.47 Å². The normalized spacial score (nSPS) is 10.2. The van der Waals surface area contributed by atoms with Crippen LogP contribution in [0, 0.1) is 0 Å². The van der Waals surface area contributed by atoms with E-state index in [9.17, 15) is 4.79 Å². The summed E-state index contributed by atoms with van der Waals surface area (Å²) < 4.78 is 10.3. The van der Waals surface area contributed by atoms with Crippen LogP contribution in [0.2, 0.25) is 10.0 Å². The van der Waals surface area contributed by atoms with Gasteiger partial charge in [0.25, 0.3) is 0 Å². The van der Waals surface area contributed by atoms with E-state index in [1.165, 1.54) is 14.2 Å². The van der Waals surface area contributed by atoms with E-state index in [2.05, 4.69) is 0 Å². The van der Waals surface area contributed by atoms with Crippen molar-refractivity contribution in [3.05, 3.63) is 57.6 Å². The first-order valence-corrected chi connectivity index (χ1v) is 6.54. The van der Waals surface area contributed by atoms with E-state index >= 15 is 0 Å². The highest BCUT2D eigenvalue weighted by Crippen LogP contribution is 2.34. The lowest BCUT2D eigenvalue weighted by Gasteiger charge is -2.11. The second kappa shape index (κ2) is 6.16. The van der Waals surface area contributed by atoms with Gasteiger partial charge in [-0.1, -0.05) is 23.2 Å². The lowest BCUT2D eigenvalue weighted by Crippen LogP contribution is -2.03. The number of hydrogen-bond donors (Lipinski definition) is 0. The second-order valence-corrected chi connectivity index (χ2v) is 4.87. The Kier molecular flexibility index (Phi) is 4.53. The van der Waals surface area contributed by atoms with Crippen LogP contribution in [-0.2, 0) is 0 Å². The molecule has 0 atom stereocenters. The van der Waals surface area contributed by atoms with Gasteiger partial charge in [0.1, 0.15) is 0 Å². The van der Waals surface area contributed by atoms with Crippen molar-refractivity contribution in [3.8, 4) is 11.5 Å². The van der Waals surface area contributed by atoms with Gasteiger partial charge in [-0.2, -0.15) is 0 Å². The molecule has 0 aliphatic carbocycles. The van der Waals surface area contributed by atoms with Gasteiger partial charge in [0.15, 0.2) is 17.3 Å². The van der Waals surface area contributed by atoms with Crippen molar-refractivity contribution in [1.29, 1.82) is 0 Å². The molecular formula is C15H12Cl2O3. The highest BCUT2D eigenvalue weighted by atomic mass is 35.5. The maximum Gasteiger partial charge on any atom is 0.194 e. The predicted octanol–water partition coefficient (Wildman–Crippen LogP) is 4.24. The lowest BCUT2D eigenvalue weighted by molar-refractivity contribution is 0.103. The molecule has 5 heteroatoms. The minimum Gasteiger partial charge on any atom is -0.493 e. The third kappa shape index (κ3) is 2.89. The van der Waals surface area contributed by atoms with Crippen LogP contribution in [0.4, 0.5) is 0 Å². The Morgan fingerprint density at radius 1 is 0.950 bits per heavy atom. The quantitative estimate of drug-likeness (QED) is 0.792. The summed E-state index contributed by atoms with van der Waals surface area (Å²) in [5, 5.41) is 0.877. The maximum absolute atomic E-state index is 12.4. The van der Waals surface area contributed by atoms with Crippen LogP contribution in [0.3, 0.4) is 0 Å². The Bertz CT molecular complexity index is 636. The highest BCUT2D eigenvalue weighted by molar-refractivity contribution is 6.35. The number of carbonyl (C=O) groups is 1. The molecule has 2 rings (SSSR count). The van der Waals surface area contributed by atoms with E-state index in [0.29, 0.717) is 32.7 Å². The molecule has 0 aromatic heterocycles. The molecule has 0 saturated carbocycles. The third-order valence-corrected chi connectivity index (χ3v) is 3.39. The Morgan fingerprint density at radius 2 is 1.50 bits per heavy atom. The topological polar surface area (TPSA) is 35.5 Å². The molecule has 3 nitrogen and oxygen atoms in total. The van der Waals surface area contributed by atoms with E-state index in [4.69, 9.17) is 32.7 Å². The number of halogens is 2. The van der Waals surface area contributed by atoms with Gasteiger partial charge in [0, 0.05) is 22.2 Å². The van der Waals surface area contributed by atoms with Crippen LogP contribution in [-0.4, -0.2) is 20.0 Å². The number of ether oxygens (including phenoxy) is 2. The van der Waals surface area contributed by atoms with Crippen molar-refractivity contribution < 1.29 is 14.3 Å². The van der Waals surface area contributed by atoms with Crippen LogP contribution in [0.25, 0.3) is 0 Å². The number of ketones is 1. The monoisotopic (exact) mass is 310 g/mol. The molecule has 0 heterocycles. The highest BCUT2D eigenvalue weighted by Gasteiger charge is 2.17. The second-order valence-electron chi connectivity index (χ2n) is 4.02. The van der Waals surface area contributed by atoms with Gasteiger partial charge in [0.2, 0.25) is 0 Å². The molecule has 0 aliphatic heterocycles. The predicted molar refractivity (Wildman–Crippen MR) is 79.4 cm³/mol. The molecule has 0 bridgehead atoms. The first-order chi connectivity index (χ1) is 9.56. The van der Waals surface area contributed by atoms with E-state index in [1.54, 1.807) is 36.4 Å². The molecule has 0 radical (unpaired) electrons. The molecule has 0 spiro atoms. The molecule has 0 saturated heterocycles. The fraction of sp³-hybridized carbons (Fsp3) is 0.133. The van der Waals surface area contributed by atoms with Gasteiger partial charge < -0.3 is 9.47 Å². The average molecular weight is 311 g/mol. The molecule has 104 valence electrons. The summed E-state index contributed by atoms with van der Waals surface area (Å²) in [4.78, 5) is 12.4. The number of hydrogen-bond acceptors (Lipinski definition) is 3.